The summed E-state index contributed by atoms with van der Waals surface area (Å²) < 4.78 is 10.9. The molecule has 1 aromatic heterocycles. The highest BCUT2D eigenvalue weighted by molar-refractivity contribution is 6.32. The Bertz CT molecular complexity index is 529. The number of hydrogen-bond donors (Lipinski definition) is 1. The molecule has 0 radical (unpaired) electrons. The van der Waals surface area contributed by atoms with Gasteiger partial charge in [-0.15, -0.1) is 0 Å². The monoisotopic (exact) mass is 264 g/mol. The molecular weight excluding hydrogens is 252 g/mol. The number of hydrogen-bond acceptors (Lipinski definition) is 4. The number of ether oxygens (including phenoxy) is 2. The molecule has 0 spiro atoms. The van der Waals surface area contributed by atoms with Gasteiger partial charge in [0.2, 0.25) is 5.88 Å². The Hall–Kier alpha value is -1.94. The Balaban J connectivity index is 2.13. The first-order valence-corrected chi connectivity index (χ1v) is 5.88. The Kier molecular flexibility index (Phi) is 3.89. The van der Waals surface area contributed by atoms with E-state index in [0.29, 0.717) is 28.9 Å². The van der Waals surface area contributed by atoms with Gasteiger partial charge in [-0.05, 0) is 37.3 Å². The lowest BCUT2D eigenvalue weighted by Crippen LogP contribution is -1.93. The molecule has 0 aliphatic carbocycles. The fourth-order valence-corrected chi connectivity index (χ4v) is 1.61. The molecular formula is C13H13ClN2O2. The Labute approximate surface area is 110 Å². The van der Waals surface area contributed by atoms with Gasteiger partial charge < -0.3 is 15.2 Å². The van der Waals surface area contributed by atoms with Gasteiger partial charge in [0.25, 0.3) is 0 Å². The van der Waals surface area contributed by atoms with Crippen LogP contribution in [0.25, 0.3) is 0 Å². The largest absolute Gasteiger partial charge is 0.494 e. The van der Waals surface area contributed by atoms with Gasteiger partial charge in [0.1, 0.15) is 16.5 Å². The summed E-state index contributed by atoms with van der Waals surface area (Å²) in [6, 6.07) is 8.82. The first-order valence-electron chi connectivity index (χ1n) is 5.51. The third-order valence-corrected chi connectivity index (χ3v) is 2.45. The highest BCUT2D eigenvalue weighted by atomic mass is 35.5. The predicted octanol–water partition coefficient (Wildman–Crippen LogP) is 3.51. The quantitative estimate of drug-likeness (QED) is 0.918. The normalized spacial score (nSPS) is 10.1. The summed E-state index contributed by atoms with van der Waals surface area (Å²) in [6.45, 7) is 2.56. The second kappa shape index (κ2) is 5.60. The Morgan fingerprint density at radius 1 is 1.22 bits per heavy atom. The molecule has 2 aromatic rings. The van der Waals surface area contributed by atoms with Crippen LogP contribution in [0.4, 0.5) is 5.69 Å². The van der Waals surface area contributed by atoms with E-state index in [2.05, 4.69) is 4.98 Å². The molecule has 2 N–H and O–H groups in total. The van der Waals surface area contributed by atoms with Crippen molar-refractivity contribution in [3.8, 4) is 17.4 Å². The van der Waals surface area contributed by atoms with E-state index in [1.165, 1.54) is 6.20 Å². The summed E-state index contributed by atoms with van der Waals surface area (Å²) in [7, 11) is 0. The minimum absolute atomic E-state index is 0.329. The molecule has 0 aliphatic rings. The van der Waals surface area contributed by atoms with Crippen molar-refractivity contribution in [3.63, 3.8) is 0 Å². The molecule has 0 amide bonds. The van der Waals surface area contributed by atoms with Gasteiger partial charge in [-0.3, -0.25) is 0 Å². The van der Waals surface area contributed by atoms with Gasteiger partial charge >= 0.3 is 0 Å². The molecule has 0 saturated heterocycles. The van der Waals surface area contributed by atoms with Gasteiger partial charge in [-0.1, -0.05) is 11.6 Å². The van der Waals surface area contributed by atoms with Crippen LogP contribution in [-0.2, 0) is 0 Å². The van der Waals surface area contributed by atoms with Crippen molar-refractivity contribution >= 4 is 17.3 Å². The van der Waals surface area contributed by atoms with Crippen LogP contribution in [0.3, 0.4) is 0 Å². The average molecular weight is 265 g/mol. The van der Waals surface area contributed by atoms with Crippen molar-refractivity contribution < 1.29 is 9.47 Å². The Morgan fingerprint density at radius 2 is 1.89 bits per heavy atom. The summed E-state index contributed by atoms with van der Waals surface area (Å²) in [5.41, 5.74) is 6.05. The molecule has 0 atom stereocenters. The van der Waals surface area contributed by atoms with Crippen molar-refractivity contribution in [2.45, 2.75) is 6.92 Å². The van der Waals surface area contributed by atoms with E-state index in [1.54, 1.807) is 18.2 Å². The van der Waals surface area contributed by atoms with Gasteiger partial charge in [0.15, 0.2) is 0 Å². The van der Waals surface area contributed by atoms with E-state index in [1.807, 2.05) is 19.1 Å². The number of nitrogens with zero attached hydrogens (tertiary/aromatic N) is 1. The number of nitrogen functional groups attached to an aromatic ring is 1. The fourth-order valence-electron chi connectivity index (χ4n) is 1.40. The first kappa shape index (κ1) is 12.5. The lowest BCUT2D eigenvalue weighted by Gasteiger charge is -2.08. The van der Waals surface area contributed by atoms with Crippen molar-refractivity contribution in [2.24, 2.45) is 0 Å². The van der Waals surface area contributed by atoms with Crippen LogP contribution in [0.5, 0.6) is 17.4 Å². The molecule has 1 aromatic carbocycles. The van der Waals surface area contributed by atoms with Crippen LogP contribution in [0.1, 0.15) is 6.92 Å². The van der Waals surface area contributed by atoms with E-state index in [0.717, 1.165) is 5.75 Å². The van der Waals surface area contributed by atoms with Gasteiger partial charge in [-0.25, -0.2) is 4.98 Å². The molecule has 0 aliphatic heterocycles. The van der Waals surface area contributed by atoms with Gasteiger partial charge in [0.05, 0.1) is 18.5 Å². The van der Waals surface area contributed by atoms with E-state index >= 15 is 0 Å². The van der Waals surface area contributed by atoms with E-state index in [4.69, 9.17) is 26.8 Å². The minimum Gasteiger partial charge on any atom is -0.494 e. The number of aromatic nitrogens is 1. The number of benzene rings is 1. The molecule has 1 heterocycles. The molecule has 2 rings (SSSR count). The van der Waals surface area contributed by atoms with Crippen LogP contribution >= 0.6 is 11.6 Å². The Morgan fingerprint density at radius 3 is 2.50 bits per heavy atom. The van der Waals surface area contributed by atoms with Crippen LogP contribution in [0, 0.1) is 0 Å². The van der Waals surface area contributed by atoms with Crippen LogP contribution in [0.15, 0.2) is 36.5 Å². The van der Waals surface area contributed by atoms with Gasteiger partial charge in [0, 0.05) is 0 Å². The first-order chi connectivity index (χ1) is 8.69. The summed E-state index contributed by atoms with van der Waals surface area (Å²) >= 11 is 5.97. The van der Waals surface area contributed by atoms with E-state index in [9.17, 15) is 0 Å². The maximum atomic E-state index is 5.97. The van der Waals surface area contributed by atoms with Crippen molar-refractivity contribution in [1.29, 1.82) is 0 Å². The number of nitrogens with two attached hydrogens (primary N) is 1. The predicted molar refractivity (Wildman–Crippen MR) is 71.3 cm³/mol. The molecule has 5 heteroatoms. The van der Waals surface area contributed by atoms with Crippen LogP contribution in [-0.4, -0.2) is 11.6 Å². The standard InChI is InChI=1S/C13H13ClN2O2/c1-2-17-10-3-5-11(6-4-10)18-13-12(14)7-9(15)8-16-13/h3-8H,2,15H2,1H3. The number of anilines is 1. The summed E-state index contributed by atoms with van der Waals surface area (Å²) in [5.74, 6) is 1.76. The van der Waals surface area contributed by atoms with E-state index < -0.39 is 0 Å². The molecule has 0 fully saturated rings. The molecule has 94 valence electrons. The molecule has 18 heavy (non-hydrogen) atoms. The zero-order chi connectivity index (χ0) is 13.0. The number of rotatable bonds is 4. The summed E-state index contributed by atoms with van der Waals surface area (Å²) in [6.07, 6.45) is 1.50. The highest BCUT2D eigenvalue weighted by Gasteiger charge is 2.05. The van der Waals surface area contributed by atoms with Crippen molar-refractivity contribution in [3.05, 3.63) is 41.6 Å². The van der Waals surface area contributed by atoms with E-state index in [-0.39, 0.29) is 0 Å². The lowest BCUT2D eigenvalue weighted by molar-refractivity contribution is 0.339. The second-order valence-electron chi connectivity index (χ2n) is 3.56. The SMILES string of the molecule is CCOc1ccc(Oc2ncc(N)cc2Cl)cc1. The molecule has 0 bridgehead atoms. The summed E-state index contributed by atoms with van der Waals surface area (Å²) in [4.78, 5) is 4.02. The zero-order valence-electron chi connectivity index (χ0n) is 9.89. The van der Waals surface area contributed by atoms with Gasteiger partial charge in [-0.2, -0.15) is 0 Å². The van der Waals surface area contributed by atoms with Crippen molar-refractivity contribution in [2.75, 3.05) is 12.3 Å². The minimum atomic E-state index is 0.329. The maximum Gasteiger partial charge on any atom is 0.238 e. The maximum absolute atomic E-state index is 5.97. The molecule has 0 unspecified atom stereocenters. The number of halogens is 1. The van der Waals surface area contributed by atoms with Crippen LogP contribution < -0.4 is 15.2 Å². The molecule has 0 saturated carbocycles. The van der Waals surface area contributed by atoms with Crippen LogP contribution in [0.2, 0.25) is 5.02 Å². The second-order valence-corrected chi connectivity index (χ2v) is 3.97. The smallest absolute Gasteiger partial charge is 0.238 e. The molecule has 4 nitrogen and oxygen atoms in total. The highest BCUT2D eigenvalue weighted by Crippen LogP contribution is 2.29. The third kappa shape index (κ3) is 3.05. The third-order valence-electron chi connectivity index (χ3n) is 2.18. The topological polar surface area (TPSA) is 57.4 Å². The summed E-state index contributed by atoms with van der Waals surface area (Å²) in [5, 5.41) is 0.379. The zero-order valence-corrected chi connectivity index (χ0v) is 10.6. The fraction of sp³-hybridized carbons (Fsp3) is 0.154. The average Bonchev–Trinajstić information content (AvgIpc) is 2.35. The number of pyridine rings is 1. The lowest BCUT2D eigenvalue weighted by atomic mass is 10.3. The van der Waals surface area contributed by atoms with Crippen molar-refractivity contribution in [1.82, 2.24) is 4.98 Å².